The van der Waals surface area contributed by atoms with E-state index in [9.17, 15) is 39.5 Å². The van der Waals surface area contributed by atoms with Crippen molar-refractivity contribution in [2.45, 2.75) is 55.2 Å². The maximum Gasteiger partial charge on any atom is 0.346 e. The summed E-state index contributed by atoms with van der Waals surface area (Å²) < 4.78 is 121. The van der Waals surface area contributed by atoms with Crippen LogP contribution in [0.4, 0.5) is 39.5 Å². The fraction of sp³-hybridized carbons (Fsp3) is 1.00. The molecule has 1 aliphatic rings. The van der Waals surface area contributed by atoms with Crippen molar-refractivity contribution in [3.05, 3.63) is 0 Å². The lowest BCUT2D eigenvalue weighted by Gasteiger charge is -2.36. The first kappa shape index (κ1) is 18.6. The van der Waals surface area contributed by atoms with Crippen molar-refractivity contribution >= 4 is 9.76 Å². The second kappa shape index (κ2) is 6.76. The van der Waals surface area contributed by atoms with E-state index < -0.39 is 52.1 Å². The highest BCUT2D eigenvalue weighted by molar-refractivity contribution is 6.30. The third-order valence-corrected chi connectivity index (χ3v) is 5.04. The highest BCUT2D eigenvalue weighted by Gasteiger charge is 2.69. The number of halogens is 9. The molecule has 1 heterocycles. The summed E-state index contributed by atoms with van der Waals surface area (Å²) in [5, 5.41) is 0. The minimum Gasteiger partial charge on any atom is -0.424 e. The van der Waals surface area contributed by atoms with Crippen LogP contribution in [0, 0.1) is 0 Å². The van der Waals surface area contributed by atoms with E-state index in [-0.39, 0.29) is 19.4 Å². The molecule has 0 aromatic rings. The average molecular weight is 348 g/mol. The molecular formula is C10H13F9OSi. The number of hydrogen-bond donors (Lipinski definition) is 0. The molecule has 4 atom stereocenters. The quantitative estimate of drug-likeness (QED) is 0.529. The van der Waals surface area contributed by atoms with Crippen LogP contribution in [0.3, 0.4) is 0 Å². The molecule has 0 N–H and O–H groups in total. The van der Waals surface area contributed by atoms with Crippen LogP contribution in [0.25, 0.3) is 0 Å². The summed E-state index contributed by atoms with van der Waals surface area (Å²) in [6, 6.07) is 0. The molecule has 0 amide bonds. The molecule has 0 radical (unpaired) electrons. The van der Waals surface area contributed by atoms with Crippen LogP contribution < -0.4 is 0 Å². The first-order valence-electron chi connectivity index (χ1n) is 6.07. The smallest absolute Gasteiger partial charge is 0.346 e. The molecule has 1 rings (SSSR count). The van der Waals surface area contributed by atoms with Crippen LogP contribution in [0.2, 0.25) is 5.54 Å². The van der Waals surface area contributed by atoms with E-state index in [1.165, 1.54) is 0 Å². The third-order valence-electron chi connectivity index (χ3n) is 3.27. The SMILES string of the molecule is FC(F)C(F)C(F)C(F)(F)C(F)(F)C(F)C1CCCO[SiH2]1. The van der Waals surface area contributed by atoms with E-state index in [0.717, 1.165) is 0 Å². The van der Waals surface area contributed by atoms with E-state index in [0.29, 0.717) is 0 Å². The van der Waals surface area contributed by atoms with Gasteiger partial charge in [0.15, 0.2) is 22.1 Å². The molecule has 4 unspecified atom stereocenters. The number of hydrogen-bond acceptors (Lipinski definition) is 1. The zero-order valence-corrected chi connectivity index (χ0v) is 11.9. The summed E-state index contributed by atoms with van der Waals surface area (Å²) in [6.07, 6.45) is -16.3. The van der Waals surface area contributed by atoms with Crippen molar-refractivity contribution in [3.63, 3.8) is 0 Å². The standard InChI is InChI=1S/C10H13F9OSi/c11-5(8(14)15)7(13)10(18,19)9(16,17)6(12)4-2-1-3-20-21-4/h4-8H,1-3,21H2. The lowest BCUT2D eigenvalue weighted by atomic mass is 9.96. The Balaban J connectivity index is 2.91. The van der Waals surface area contributed by atoms with Crippen LogP contribution in [0.5, 0.6) is 0 Å². The molecule has 126 valence electrons. The van der Waals surface area contributed by atoms with Crippen molar-refractivity contribution in [3.8, 4) is 0 Å². The summed E-state index contributed by atoms with van der Waals surface area (Å²) in [5.74, 6) is -11.5. The molecule has 0 saturated carbocycles. The molecule has 1 saturated heterocycles. The summed E-state index contributed by atoms with van der Waals surface area (Å²) in [4.78, 5) is 0. The summed E-state index contributed by atoms with van der Waals surface area (Å²) in [6.45, 7) is 0.196. The van der Waals surface area contributed by atoms with Crippen LogP contribution in [-0.4, -0.2) is 53.2 Å². The predicted molar refractivity (Wildman–Crippen MR) is 58.1 cm³/mol. The van der Waals surface area contributed by atoms with Crippen molar-refractivity contribution < 1.29 is 43.9 Å². The Hall–Kier alpha value is -0.453. The van der Waals surface area contributed by atoms with Crippen LogP contribution in [-0.2, 0) is 4.43 Å². The van der Waals surface area contributed by atoms with E-state index in [4.69, 9.17) is 4.43 Å². The maximum atomic E-state index is 13.6. The van der Waals surface area contributed by atoms with E-state index in [1.54, 1.807) is 0 Å². The normalized spacial score (nSPS) is 26.9. The minimum atomic E-state index is -5.88. The topological polar surface area (TPSA) is 9.23 Å². The lowest BCUT2D eigenvalue weighted by molar-refractivity contribution is -0.277. The summed E-state index contributed by atoms with van der Waals surface area (Å²) in [5.41, 5.74) is -1.50. The second-order valence-corrected chi connectivity index (χ2v) is 6.60. The van der Waals surface area contributed by atoms with Gasteiger partial charge in [-0.05, 0) is 12.8 Å². The van der Waals surface area contributed by atoms with Gasteiger partial charge in [-0.3, -0.25) is 0 Å². The van der Waals surface area contributed by atoms with Crippen LogP contribution in [0.1, 0.15) is 12.8 Å². The monoisotopic (exact) mass is 348 g/mol. The van der Waals surface area contributed by atoms with Crippen LogP contribution >= 0.6 is 0 Å². The number of alkyl halides is 9. The Morgan fingerprint density at radius 1 is 0.952 bits per heavy atom. The van der Waals surface area contributed by atoms with Gasteiger partial charge in [0.2, 0.25) is 6.17 Å². The fourth-order valence-corrected chi connectivity index (χ4v) is 3.58. The van der Waals surface area contributed by atoms with Gasteiger partial charge in [-0.2, -0.15) is 17.6 Å². The molecule has 1 aliphatic heterocycles. The van der Waals surface area contributed by atoms with Crippen LogP contribution in [0.15, 0.2) is 0 Å². The molecule has 0 bridgehead atoms. The van der Waals surface area contributed by atoms with E-state index in [1.807, 2.05) is 0 Å². The molecule has 0 spiro atoms. The Morgan fingerprint density at radius 3 is 1.95 bits per heavy atom. The van der Waals surface area contributed by atoms with Gasteiger partial charge < -0.3 is 4.43 Å². The van der Waals surface area contributed by atoms with E-state index >= 15 is 0 Å². The largest absolute Gasteiger partial charge is 0.424 e. The Kier molecular flexibility index (Phi) is 5.98. The lowest BCUT2D eigenvalue weighted by Crippen LogP contribution is -2.58. The minimum absolute atomic E-state index is 0.149. The molecule has 11 heteroatoms. The van der Waals surface area contributed by atoms with Crippen molar-refractivity contribution in [2.75, 3.05) is 6.61 Å². The van der Waals surface area contributed by atoms with Gasteiger partial charge in [-0.1, -0.05) is 0 Å². The molecule has 0 aliphatic carbocycles. The third kappa shape index (κ3) is 3.66. The average Bonchev–Trinajstić information content (AvgIpc) is 2.45. The Bertz CT molecular complexity index is 334. The molecule has 1 fully saturated rings. The van der Waals surface area contributed by atoms with Gasteiger partial charge in [-0.25, -0.2) is 22.0 Å². The molecule has 0 aromatic heterocycles. The highest BCUT2D eigenvalue weighted by atomic mass is 28.2. The van der Waals surface area contributed by atoms with Gasteiger partial charge in [0, 0.05) is 12.1 Å². The van der Waals surface area contributed by atoms with Gasteiger partial charge in [0.1, 0.15) is 0 Å². The molecular weight excluding hydrogens is 335 g/mol. The zero-order chi connectivity index (χ0) is 16.4. The first-order valence-corrected chi connectivity index (χ1v) is 7.46. The van der Waals surface area contributed by atoms with Gasteiger partial charge in [0.25, 0.3) is 6.43 Å². The summed E-state index contributed by atoms with van der Waals surface area (Å²) in [7, 11) is -1.88. The second-order valence-electron chi connectivity index (χ2n) is 4.81. The van der Waals surface area contributed by atoms with Crippen molar-refractivity contribution in [1.29, 1.82) is 0 Å². The van der Waals surface area contributed by atoms with Crippen molar-refractivity contribution in [2.24, 2.45) is 0 Å². The van der Waals surface area contributed by atoms with Crippen molar-refractivity contribution in [1.82, 2.24) is 0 Å². The molecule has 1 nitrogen and oxygen atoms in total. The fourth-order valence-electron chi connectivity index (χ4n) is 1.99. The van der Waals surface area contributed by atoms with Gasteiger partial charge in [0.05, 0.1) is 0 Å². The zero-order valence-electron chi connectivity index (χ0n) is 10.5. The maximum absolute atomic E-state index is 13.6. The first-order chi connectivity index (χ1) is 9.53. The Labute approximate surface area is 116 Å². The van der Waals surface area contributed by atoms with E-state index in [2.05, 4.69) is 0 Å². The molecule has 21 heavy (non-hydrogen) atoms. The summed E-state index contributed by atoms with van der Waals surface area (Å²) >= 11 is 0. The molecule has 0 aromatic carbocycles. The predicted octanol–water partition coefficient (Wildman–Crippen LogP) is 3.22. The van der Waals surface area contributed by atoms with Gasteiger partial charge >= 0.3 is 11.8 Å². The number of rotatable bonds is 6. The Morgan fingerprint density at radius 2 is 1.52 bits per heavy atom. The highest BCUT2D eigenvalue weighted by Crippen LogP contribution is 2.48. The van der Waals surface area contributed by atoms with Gasteiger partial charge in [-0.15, -0.1) is 0 Å².